The predicted molar refractivity (Wildman–Crippen MR) is 78.1 cm³/mol. The van der Waals surface area contributed by atoms with Crippen LogP contribution in [0.5, 0.6) is 0 Å². The normalized spacial score (nSPS) is 10.6. The molecule has 0 spiro atoms. The number of nitrogens with zero attached hydrogens (tertiary/aromatic N) is 1. The quantitative estimate of drug-likeness (QED) is 0.874. The summed E-state index contributed by atoms with van der Waals surface area (Å²) in [4.78, 5) is 17.2. The summed E-state index contributed by atoms with van der Waals surface area (Å²) in [5.41, 5.74) is 5.92. The van der Waals surface area contributed by atoms with E-state index in [0.29, 0.717) is 18.8 Å². The summed E-state index contributed by atoms with van der Waals surface area (Å²) in [6.45, 7) is 1.08. The molecule has 1 amide bonds. The first-order valence-corrected chi connectivity index (χ1v) is 7.85. The van der Waals surface area contributed by atoms with E-state index in [1.807, 2.05) is 12.1 Å². The van der Waals surface area contributed by atoms with E-state index in [0.717, 1.165) is 20.1 Å². The molecule has 0 radical (unpaired) electrons. The van der Waals surface area contributed by atoms with Crippen molar-refractivity contribution in [3.8, 4) is 0 Å². The molecule has 0 saturated carbocycles. The molecule has 0 atom stereocenters. The monoisotopic (exact) mass is 345 g/mol. The first-order valence-electron chi connectivity index (χ1n) is 5.36. The van der Waals surface area contributed by atoms with Crippen LogP contribution in [0.2, 0.25) is 0 Å². The smallest absolute Gasteiger partial charge is 0.271 e. The fourth-order valence-corrected chi connectivity index (χ4v) is 3.58. The van der Waals surface area contributed by atoms with Crippen molar-refractivity contribution in [2.45, 2.75) is 13.0 Å². The van der Waals surface area contributed by atoms with Crippen molar-refractivity contribution in [3.05, 3.63) is 36.9 Å². The first kappa shape index (κ1) is 13.7. The van der Waals surface area contributed by atoms with Crippen LogP contribution < -0.4 is 11.1 Å². The molecular formula is C11H12BrN3OS2. The van der Waals surface area contributed by atoms with Gasteiger partial charge in [-0.2, -0.15) is 0 Å². The number of thiophene rings is 1. The molecule has 0 aromatic carbocycles. The first-order chi connectivity index (χ1) is 8.69. The number of aromatic nitrogens is 1. The molecule has 0 saturated heterocycles. The van der Waals surface area contributed by atoms with E-state index in [1.54, 1.807) is 16.7 Å². The topological polar surface area (TPSA) is 68.0 Å². The van der Waals surface area contributed by atoms with Gasteiger partial charge >= 0.3 is 0 Å². The van der Waals surface area contributed by atoms with Crippen molar-refractivity contribution in [1.29, 1.82) is 0 Å². The molecule has 4 nitrogen and oxygen atoms in total. The minimum Gasteiger partial charge on any atom is -0.346 e. The molecule has 0 aliphatic carbocycles. The number of hydrogen-bond donors (Lipinski definition) is 2. The minimum atomic E-state index is -0.140. The van der Waals surface area contributed by atoms with Gasteiger partial charge in [0.2, 0.25) is 0 Å². The van der Waals surface area contributed by atoms with E-state index < -0.39 is 0 Å². The standard InChI is InChI=1S/C11H12BrN3OS2/c12-9-2-1-7(18-9)5-14-11(16)8-6-17-10(15-8)3-4-13/h1-2,6H,3-5,13H2,(H,14,16). The highest BCUT2D eigenvalue weighted by Crippen LogP contribution is 2.21. The van der Waals surface area contributed by atoms with Gasteiger partial charge in [-0.25, -0.2) is 4.98 Å². The molecule has 18 heavy (non-hydrogen) atoms. The van der Waals surface area contributed by atoms with Gasteiger partial charge in [0.15, 0.2) is 0 Å². The fraction of sp³-hybridized carbons (Fsp3) is 0.273. The summed E-state index contributed by atoms with van der Waals surface area (Å²) in [5, 5.41) is 5.52. The molecule has 7 heteroatoms. The number of hydrogen-bond acceptors (Lipinski definition) is 5. The summed E-state index contributed by atoms with van der Waals surface area (Å²) >= 11 is 6.47. The van der Waals surface area contributed by atoms with E-state index in [2.05, 4.69) is 26.2 Å². The van der Waals surface area contributed by atoms with E-state index in [4.69, 9.17) is 5.73 Å². The Balaban J connectivity index is 1.90. The van der Waals surface area contributed by atoms with Crippen LogP contribution in [0.3, 0.4) is 0 Å². The van der Waals surface area contributed by atoms with Crippen LogP contribution in [0.4, 0.5) is 0 Å². The van der Waals surface area contributed by atoms with Gasteiger partial charge in [0.05, 0.1) is 15.3 Å². The predicted octanol–water partition coefficient (Wildman–Crippen LogP) is 2.40. The van der Waals surface area contributed by atoms with Gasteiger partial charge in [0.25, 0.3) is 5.91 Å². The Hall–Kier alpha value is -0.760. The molecule has 0 bridgehead atoms. The van der Waals surface area contributed by atoms with Crippen LogP contribution in [0.1, 0.15) is 20.4 Å². The highest BCUT2D eigenvalue weighted by atomic mass is 79.9. The molecule has 2 rings (SSSR count). The third kappa shape index (κ3) is 3.61. The second kappa shape index (κ2) is 6.42. The third-order valence-corrected chi connectivity index (χ3v) is 4.73. The van der Waals surface area contributed by atoms with E-state index in [9.17, 15) is 4.79 Å². The van der Waals surface area contributed by atoms with Crippen LogP contribution in [0, 0.1) is 0 Å². The summed E-state index contributed by atoms with van der Waals surface area (Å²) in [7, 11) is 0. The van der Waals surface area contributed by atoms with Crippen molar-refractivity contribution in [2.75, 3.05) is 6.54 Å². The van der Waals surface area contributed by atoms with Gasteiger partial charge in [0, 0.05) is 16.7 Å². The van der Waals surface area contributed by atoms with Gasteiger partial charge in [-0.1, -0.05) is 0 Å². The Morgan fingerprint density at radius 2 is 2.33 bits per heavy atom. The highest BCUT2D eigenvalue weighted by molar-refractivity contribution is 9.11. The molecule has 2 aromatic rings. The van der Waals surface area contributed by atoms with Crippen molar-refractivity contribution < 1.29 is 4.79 Å². The highest BCUT2D eigenvalue weighted by Gasteiger charge is 2.10. The number of nitrogens with one attached hydrogen (secondary N) is 1. The molecular weight excluding hydrogens is 334 g/mol. The molecule has 2 aromatic heterocycles. The molecule has 0 unspecified atom stereocenters. The molecule has 96 valence electrons. The van der Waals surface area contributed by atoms with E-state index >= 15 is 0 Å². The zero-order valence-electron chi connectivity index (χ0n) is 9.48. The summed E-state index contributed by atoms with van der Waals surface area (Å²) in [6, 6.07) is 3.95. The number of carbonyl (C=O) groups excluding carboxylic acids is 1. The van der Waals surface area contributed by atoms with Gasteiger partial charge in [-0.3, -0.25) is 4.79 Å². The average molecular weight is 346 g/mol. The van der Waals surface area contributed by atoms with Crippen LogP contribution >= 0.6 is 38.6 Å². The van der Waals surface area contributed by atoms with Gasteiger partial charge in [-0.15, -0.1) is 22.7 Å². The Kier molecular flexibility index (Phi) is 4.87. The second-order valence-corrected chi connectivity index (χ2v) is 7.04. The Morgan fingerprint density at radius 3 is 3.00 bits per heavy atom. The number of carbonyl (C=O) groups is 1. The lowest BCUT2D eigenvalue weighted by Crippen LogP contribution is -2.22. The molecule has 3 N–H and O–H groups in total. The number of nitrogens with two attached hydrogens (primary N) is 1. The molecule has 0 fully saturated rings. The average Bonchev–Trinajstić information content (AvgIpc) is 2.96. The lowest BCUT2D eigenvalue weighted by Gasteiger charge is -2.00. The van der Waals surface area contributed by atoms with Gasteiger partial charge in [0.1, 0.15) is 5.69 Å². The summed E-state index contributed by atoms with van der Waals surface area (Å²) in [6.07, 6.45) is 0.718. The van der Waals surface area contributed by atoms with Crippen LogP contribution in [0.15, 0.2) is 21.3 Å². The van der Waals surface area contributed by atoms with Crippen molar-refractivity contribution in [3.63, 3.8) is 0 Å². The summed E-state index contributed by atoms with van der Waals surface area (Å²) in [5.74, 6) is -0.140. The minimum absolute atomic E-state index is 0.140. The maximum Gasteiger partial charge on any atom is 0.271 e. The van der Waals surface area contributed by atoms with Gasteiger partial charge in [-0.05, 0) is 34.6 Å². The third-order valence-electron chi connectivity index (χ3n) is 2.19. The number of thiazole rings is 1. The van der Waals surface area contributed by atoms with Crippen LogP contribution in [-0.2, 0) is 13.0 Å². The van der Waals surface area contributed by atoms with Crippen molar-refractivity contribution >= 4 is 44.5 Å². The number of amides is 1. The second-order valence-electron chi connectivity index (χ2n) is 3.55. The molecule has 2 heterocycles. The largest absolute Gasteiger partial charge is 0.346 e. The van der Waals surface area contributed by atoms with E-state index in [1.165, 1.54) is 11.3 Å². The zero-order chi connectivity index (χ0) is 13.0. The summed E-state index contributed by atoms with van der Waals surface area (Å²) < 4.78 is 1.06. The van der Waals surface area contributed by atoms with Crippen LogP contribution in [0.25, 0.3) is 0 Å². The number of rotatable bonds is 5. The molecule has 0 aliphatic rings. The molecule has 0 aliphatic heterocycles. The SMILES string of the molecule is NCCc1nc(C(=O)NCc2ccc(Br)s2)cs1. The van der Waals surface area contributed by atoms with Crippen molar-refractivity contribution in [2.24, 2.45) is 5.73 Å². The Morgan fingerprint density at radius 1 is 1.50 bits per heavy atom. The zero-order valence-corrected chi connectivity index (χ0v) is 12.7. The van der Waals surface area contributed by atoms with Crippen molar-refractivity contribution in [1.82, 2.24) is 10.3 Å². The lowest BCUT2D eigenvalue weighted by atomic mass is 10.4. The Labute approximate surface area is 121 Å². The van der Waals surface area contributed by atoms with Gasteiger partial charge < -0.3 is 11.1 Å². The fourth-order valence-electron chi connectivity index (χ4n) is 1.36. The lowest BCUT2D eigenvalue weighted by molar-refractivity contribution is 0.0947. The number of halogens is 1. The Bertz CT molecular complexity index is 538. The maximum atomic E-state index is 11.8. The van der Waals surface area contributed by atoms with Crippen LogP contribution in [-0.4, -0.2) is 17.4 Å². The maximum absolute atomic E-state index is 11.8. The van der Waals surface area contributed by atoms with E-state index in [-0.39, 0.29) is 5.91 Å².